The molecule has 0 aliphatic carbocycles. The van der Waals surface area contributed by atoms with Crippen molar-refractivity contribution >= 4 is 23.2 Å². The van der Waals surface area contributed by atoms with E-state index in [9.17, 15) is 9.59 Å². The molecule has 0 aromatic heterocycles. The van der Waals surface area contributed by atoms with Gasteiger partial charge in [-0.05, 0) is 55.7 Å². The lowest BCUT2D eigenvalue weighted by molar-refractivity contribution is -0.127. The fourth-order valence-electron chi connectivity index (χ4n) is 6.00. The van der Waals surface area contributed by atoms with Crippen molar-refractivity contribution in [2.75, 3.05) is 11.4 Å². The third kappa shape index (κ3) is 5.82. The monoisotopic (exact) mass is 571 g/mol. The Morgan fingerprint density at radius 2 is 1.79 bits per heavy atom. The van der Waals surface area contributed by atoms with Crippen molar-refractivity contribution in [3.05, 3.63) is 130 Å². The molecule has 2 atom stereocenters. The average Bonchev–Trinajstić information content (AvgIpc) is 3.01. The number of para-hydroxylation sites is 1. The van der Waals surface area contributed by atoms with Crippen molar-refractivity contribution in [2.45, 2.75) is 51.4 Å². The van der Waals surface area contributed by atoms with E-state index in [-0.39, 0.29) is 17.7 Å². The largest absolute Gasteiger partial charge is 0.485 e. The van der Waals surface area contributed by atoms with Crippen LogP contribution in [0.3, 0.4) is 0 Å². The zero-order valence-corrected chi connectivity index (χ0v) is 24.3. The van der Waals surface area contributed by atoms with E-state index in [1.54, 1.807) is 35.2 Å². The number of anilines is 1. The van der Waals surface area contributed by atoms with Crippen LogP contribution in [-0.4, -0.2) is 24.1 Å². The minimum absolute atomic E-state index is 0.00717. The summed E-state index contributed by atoms with van der Waals surface area (Å²) in [6.45, 7) is 12.0. The fourth-order valence-corrected chi connectivity index (χ4v) is 6.00. The Morgan fingerprint density at radius 3 is 2.56 bits per heavy atom. The van der Waals surface area contributed by atoms with Crippen LogP contribution in [0.2, 0.25) is 0 Å². The van der Waals surface area contributed by atoms with Gasteiger partial charge < -0.3 is 14.8 Å². The van der Waals surface area contributed by atoms with Crippen molar-refractivity contribution in [1.82, 2.24) is 5.32 Å². The molecular formula is C36H33N3O4. The van der Waals surface area contributed by atoms with Crippen molar-refractivity contribution in [3.8, 4) is 11.5 Å². The number of piperidine rings is 1. The van der Waals surface area contributed by atoms with Crippen molar-refractivity contribution in [3.63, 3.8) is 0 Å². The summed E-state index contributed by atoms with van der Waals surface area (Å²) in [6.07, 6.45) is 1.69. The molecule has 4 aromatic rings. The summed E-state index contributed by atoms with van der Waals surface area (Å²) >= 11 is 0. The topological polar surface area (TPSA) is 72.2 Å². The number of nitrogens with zero attached hydrogens (tertiary/aromatic N) is 2. The number of benzene rings is 4. The molecule has 2 heterocycles. The van der Waals surface area contributed by atoms with Crippen LogP contribution in [0.1, 0.15) is 58.3 Å². The first kappa shape index (κ1) is 28.0. The molecule has 1 N–H and O–H groups in total. The van der Waals surface area contributed by atoms with Gasteiger partial charge in [0.05, 0.1) is 6.57 Å². The van der Waals surface area contributed by atoms with Gasteiger partial charge in [-0.25, -0.2) is 4.85 Å². The molecule has 1 saturated heterocycles. The number of fused-ring (bicyclic) bond motifs is 4. The second-order valence-electron chi connectivity index (χ2n) is 11.4. The maximum atomic E-state index is 13.6. The molecule has 43 heavy (non-hydrogen) atoms. The van der Waals surface area contributed by atoms with E-state index in [1.165, 1.54) is 5.56 Å². The standard InChI is InChI=1S/C36H33N3O4/c1-24-10-12-25(13-11-24)18-19-38-35(41)27-6-4-7-30(20-27)39-33(40)21-28-22-36(39,2)43-34-31(28)8-5-9-32(34)42-23-26-14-16-29(37-3)17-15-26/h4-17,20,28H,18-19,21-23H2,1-2H3,(H,38,41). The second kappa shape index (κ2) is 11.7. The van der Waals surface area contributed by atoms with E-state index in [2.05, 4.69) is 41.4 Å². The Morgan fingerprint density at radius 1 is 1.05 bits per heavy atom. The number of carbonyl (C=O) groups is 2. The molecular weight excluding hydrogens is 538 g/mol. The number of amides is 2. The van der Waals surface area contributed by atoms with Gasteiger partial charge in [0.15, 0.2) is 22.9 Å². The first-order valence-corrected chi connectivity index (χ1v) is 14.5. The number of rotatable bonds is 8. The summed E-state index contributed by atoms with van der Waals surface area (Å²) in [4.78, 5) is 31.8. The fraction of sp³-hybridized carbons (Fsp3) is 0.250. The van der Waals surface area contributed by atoms with E-state index in [1.807, 2.05) is 43.3 Å². The molecule has 0 radical (unpaired) electrons. The number of ether oxygens (including phenoxy) is 2. The van der Waals surface area contributed by atoms with Gasteiger partial charge >= 0.3 is 0 Å². The molecule has 0 spiro atoms. The number of hydrogen-bond acceptors (Lipinski definition) is 4. The van der Waals surface area contributed by atoms with E-state index in [4.69, 9.17) is 16.0 Å². The second-order valence-corrected chi connectivity index (χ2v) is 11.4. The van der Waals surface area contributed by atoms with Gasteiger partial charge in [0.25, 0.3) is 5.91 Å². The van der Waals surface area contributed by atoms with E-state index < -0.39 is 5.72 Å². The molecule has 2 unspecified atom stereocenters. The van der Waals surface area contributed by atoms with Gasteiger partial charge in [-0.15, -0.1) is 0 Å². The van der Waals surface area contributed by atoms with Crippen molar-refractivity contribution in [2.24, 2.45) is 0 Å². The maximum Gasteiger partial charge on any atom is 0.251 e. The first-order chi connectivity index (χ1) is 20.8. The van der Waals surface area contributed by atoms with Gasteiger partial charge in [0, 0.05) is 42.1 Å². The van der Waals surface area contributed by atoms with E-state index in [0.29, 0.717) is 54.4 Å². The summed E-state index contributed by atoms with van der Waals surface area (Å²) in [5.74, 6) is 1.01. The smallest absolute Gasteiger partial charge is 0.251 e. The summed E-state index contributed by atoms with van der Waals surface area (Å²) in [6, 6.07) is 28.6. The summed E-state index contributed by atoms with van der Waals surface area (Å²) in [5.41, 5.74) is 5.02. The summed E-state index contributed by atoms with van der Waals surface area (Å²) in [7, 11) is 0. The molecule has 7 nitrogen and oxygen atoms in total. The summed E-state index contributed by atoms with van der Waals surface area (Å²) < 4.78 is 12.9. The molecule has 2 aliphatic rings. The number of nitrogens with one attached hydrogen (secondary N) is 1. The van der Waals surface area contributed by atoms with Gasteiger partial charge in [-0.3, -0.25) is 14.5 Å². The van der Waals surface area contributed by atoms with Crippen LogP contribution in [0.15, 0.2) is 91.0 Å². The normalized spacial score (nSPS) is 18.7. The Labute approximate surface area is 251 Å². The zero-order valence-electron chi connectivity index (χ0n) is 24.3. The highest BCUT2D eigenvalue weighted by molar-refractivity contribution is 5.99. The van der Waals surface area contributed by atoms with Crippen LogP contribution in [0.4, 0.5) is 11.4 Å². The van der Waals surface area contributed by atoms with Crippen LogP contribution in [0, 0.1) is 13.5 Å². The Kier molecular flexibility index (Phi) is 7.60. The highest BCUT2D eigenvalue weighted by Gasteiger charge is 2.50. The van der Waals surface area contributed by atoms with Gasteiger partial charge in [-0.2, -0.15) is 0 Å². The lowest BCUT2D eigenvalue weighted by Gasteiger charge is -2.50. The van der Waals surface area contributed by atoms with Crippen LogP contribution in [0.25, 0.3) is 4.85 Å². The third-order valence-electron chi connectivity index (χ3n) is 8.19. The molecule has 4 aromatic carbocycles. The highest BCUT2D eigenvalue weighted by atomic mass is 16.5. The van der Waals surface area contributed by atoms with Crippen molar-refractivity contribution < 1.29 is 19.1 Å². The maximum absolute atomic E-state index is 13.6. The zero-order chi connectivity index (χ0) is 30.0. The Bertz CT molecular complexity index is 1710. The molecule has 2 amide bonds. The van der Waals surface area contributed by atoms with Crippen LogP contribution in [-0.2, 0) is 17.8 Å². The predicted octanol–water partition coefficient (Wildman–Crippen LogP) is 7.12. The van der Waals surface area contributed by atoms with E-state index >= 15 is 0 Å². The lowest BCUT2D eigenvalue weighted by Crippen LogP contribution is -2.60. The van der Waals surface area contributed by atoms with Crippen LogP contribution in [0.5, 0.6) is 11.5 Å². The molecule has 0 saturated carbocycles. The Balaban J connectivity index is 1.19. The lowest BCUT2D eigenvalue weighted by atomic mass is 9.80. The minimum atomic E-state index is -0.954. The highest BCUT2D eigenvalue weighted by Crippen LogP contribution is 2.52. The van der Waals surface area contributed by atoms with Crippen molar-refractivity contribution in [1.29, 1.82) is 0 Å². The number of hydrogen-bond donors (Lipinski definition) is 1. The van der Waals surface area contributed by atoms with Crippen LogP contribution >= 0.6 is 0 Å². The SMILES string of the molecule is [C-]#[N+]c1ccc(COc2cccc3c2OC2(C)CC3CC(=O)N2c2cccc(C(=O)NCCc3ccc(C)cc3)c2)cc1. The minimum Gasteiger partial charge on any atom is -0.485 e. The Hall–Kier alpha value is -5.09. The molecule has 2 bridgehead atoms. The molecule has 1 fully saturated rings. The third-order valence-corrected chi connectivity index (χ3v) is 8.19. The molecule has 2 aliphatic heterocycles. The van der Waals surface area contributed by atoms with Gasteiger partial charge in [-0.1, -0.05) is 72.3 Å². The molecule has 7 heteroatoms. The molecule has 6 rings (SSSR count). The predicted molar refractivity (Wildman–Crippen MR) is 166 cm³/mol. The van der Waals surface area contributed by atoms with Crippen LogP contribution < -0.4 is 19.7 Å². The van der Waals surface area contributed by atoms with E-state index in [0.717, 1.165) is 23.1 Å². The first-order valence-electron chi connectivity index (χ1n) is 14.5. The van der Waals surface area contributed by atoms with Gasteiger partial charge in [0.1, 0.15) is 6.61 Å². The number of carbonyl (C=O) groups excluding carboxylic acids is 2. The number of aryl methyl sites for hydroxylation is 1. The summed E-state index contributed by atoms with van der Waals surface area (Å²) in [5, 5.41) is 3.01. The average molecular weight is 572 g/mol. The quantitative estimate of drug-likeness (QED) is 0.229. The van der Waals surface area contributed by atoms with Gasteiger partial charge in [0.2, 0.25) is 5.91 Å². The molecule has 216 valence electrons.